The highest BCUT2D eigenvalue weighted by atomic mass is 17.2. The summed E-state index contributed by atoms with van der Waals surface area (Å²) in [5.74, 6) is 0. The van der Waals surface area contributed by atoms with Crippen LogP contribution in [-0.4, -0.2) is 13.2 Å². The van der Waals surface area contributed by atoms with Crippen molar-refractivity contribution in [3.05, 3.63) is 24.9 Å². The van der Waals surface area contributed by atoms with Gasteiger partial charge in [0, 0.05) is 0 Å². The van der Waals surface area contributed by atoms with E-state index in [2.05, 4.69) is 16.4 Å². The van der Waals surface area contributed by atoms with Gasteiger partial charge in [-0.1, -0.05) is 6.08 Å². The van der Waals surface area contributed by atoms with E-state index < -0.39 is 0 Å². The molecular weight excluding hydrogens is 118 g/mol. The fraction of sp³-hybridized carbons (Fsp3) is 0.333. The molecule has 0 amide bonds. The maximum Gasteiger partial charge on any atom is 0.102 e. The van der Waals surface area contributed by atoms with E-state index >= 15 is 0 Å². The Labute approximate surface area is 54.7 Å². The zero-order valence-electron chi connectivity index (χ0n) is 5.25. The molecule has 3 heteroatoms. The molecule has 52 valence electrons. The highest BCUT2D eigenvalue weighted by Gasteiger charge is 1.77. The van der Waals surface area contributed by atoms with Crippen molar-refractivity contribution < 1.29 is 9.78 Å². The van der Waals surface area contributed by atoms with Gasteiger partial charge in [0.25, 0.3) is 0 Å². The topological polar surface area (TPSA) is 44.5 Å². The van der Waals surface area contributed by atoms with Gasteiger partial charge in [-0.2, -0.15) is 0 Å². The van der Waals surface area contributed by atoms with E-state index in [0.717, 1.165) is 0 Å². The third-order valence-electron chi connectivity index (χ3n) is 0.570. The fourth-order valence-electron chi connectivity index (χ4n) is 0.239. The van der Waals surface area contributed by atoms with Crippen molar-refractivity contribution in [1.82, 2.24) is 0 Å². The van der Waals surface area contributed by atoms with Gasteiger partial charge < -0.3 is 5.73 Å². The molecule has 0 spiro atoms. The average Bonchev–Trinajstić information content (AvgIpc) is 1.89. The Kier molecular flexibility index (Phi) is 6.56. The highest BCUT2D eigenvalue weighted by molar-refractivity contribution is 4.73. The zero-order valence-corrected chi connectivity index (χ0v) is 5.25. The summed E-state index contributed by atoms with van der Waals surface area (Å²) in [6, 6.07) is 0. The first-order valence-electron chi connectivity index (χ1n) is 2.64. The molecule has 0 fully saturated rings. The lowest BCUT2D eigenvalue weighted by Gasteiger charge is -1.94. The van der Waals surface area contributed by atoms with Gasteiger partial charge in [0.05, 0.1) is 0 Å². The zero-order chi connectivity index (χ0) is 6.95. The second-order valence-corrected chi connectivity index (χ2v) is 1.29. The summed E-state index contributed by atoms with van der Waals surface area (Å²) in [7, 11) is 0. The van der Waals surface area contributed by atoms with E-state index in [0.29, 0.717) is 13.2 Å². The van der Waals surface area contributed by atoms with Crippen LogP contribution in [-0.2, 0) is 9.78 Å². The second-order valence-electron chi connectivity index (χ2n) is 1.29. The minimum Gasteiger partial charge on any atom is -0.405 e. The van der Waals surface area contributed by atoms with Crippen molar-refractivity contribution in [2.45, 2.75) is 0 Å². The number of hydrogen-bond acceptors (Lipinski definition) is 3. The first kappa shape index (κ1) is 8.20. The minimum absolute atomic E-state index is 0.379. The lowest BCUT2D eigenvalue weighted by Crippen LogP contribution is -1.94. The molecule has 0 radical (unpaired) electrons. The van der Waals surface area contributed by atoms with Gasteiger partial charge in [0.2, 0.25) is 0 Å². The summed E-state index contributed by atoms with van der Waals surface area (Å²) in [6.07, 6.45) is 4.65. The van der Waals surface area contributed by atoms with Crippen molar-refractivity contribution in [1.29, 1.82) is 0 Å². The molecule has 0 aliphatic carbocycles. The summed E-state index contributed by atoms with van der Waals surface area (Å²) in [4.78, 5) is 9.14. The molecule has 0 aliphatic heterocycles. The number of hydrogen-bond donors (Lipinski definition) is 1. The maximum absolute atomic E-state index is 5.01. The molecule has 2 N–H and O–H groups in total. The second kappa shape index (κ2) is 7.20. The molecule has 0 unspecified atom stereocenters. The third-order valence-corrected chi connectivity index (χ3v) is 0.570. The molecule has 0 saturated carbocycles. The van der Waals surface area contributed by atoms with Crippen LogP contribution >= 0.6 is 0 Å². The summed E-state index contributed by atoms with van der Waals surface area (Å²) in [5.41, 5.74) is 5.01. The average molecular weight is 129 g/mol. The number of rotatable bonds is 5. The van der Waals surface area contributed by atoms with Crippen molar-refractivity contribution in [2.75, 3.05) is 13.2 Å². The monoisotopic (exact) mass is 129 g/mol. The van der Waals surface area contributed by atoms with Crippen LogP contribution in [0.5, 0.6) is 0 Å². The first-order valence-corrected chi connectivity index (χ1v) is 2.64. The Hall–Kier alpha value is -0.800. The highest BCUT2D eigenvalue weighted by Crippen LogP contribution is 1.78. The van der Waals surface area contributed by atoms with Crippen LogP contribution in [0.25, 0.3) is 0 Å². The van der Waals surface area contributed by atoms with Crippen LogP contribution in [0.15, 0.2) is 24.9 Å². The minimum atomic E-state index is 0.379. The summed E-state index contributed by atoms with van der Waals surface area (Å²) >= 11 is 0. The first-order chi connectivity index (χ1) is 4.41. The van der Waals surface area contributed by atoms with Crippen molar-refractivity contribution in [3.8, 4) is 0 Å². The van der Waals surface area contributed by atoms with Crippen LogP contribution in [0.4, 0.5) is 0 Å². The Morgan fingerprint density at radius 1 is 1.33 bits per heavy atom. The Morgan fingerprint density at radius 3 is 2.56 bits per heavy atom. The molecule has 0 bridgehead atoms. The molecule has 0 atom stereocenters. The molecule has 0 aliphatic rings. The van der Waals surface area contributed by atoms with Crippen molar-refractivity contribution in [2.24, 2.45) is 5.73 Å². The smallest absolute Gasteiger partial charge is 0.102 e. The van der Waals surface area contributed by atoms with Gasteiger partial charge in [-0.3, -0.25) is 0 Å². The molecule has 0 aromatic carbocycles. The molecule has 3 nitrogen and oxygen atoms in total. The molecule has 0 aromatic rings. The van der Waals surface area contributed by atoms with Gasteiger partial charge in [-0.25, -0.2) is 9.78 Å². The van der Waals surface area contributed by atoms with Gasteiger partial charge in [-0.05, 0) is 12.3 Å². The van der Waals surface area contributed by atoms with E-state index in [1.807, 2.05) is 0 Å². The molecule has 9 heavy (non-hydrogen) atoms. The quantitative estimate of drug-likeness (QED) is 0.256. The van der Waals surface area contributed by atoms with E-state index in [9.17, 15) is 0 Å². The van der Waals surface area contributed by atoms with Crippen molar-refractivity contribution in [3.63, 3.8) is 0 Å². The molecule has 0 saturated heterocycles. The molecule has 0 aromatic heterocycles. The summed E-state index contributed by atoms with van der Waals surface area (Å²) in [6.45, 7) is 4.21. The van der Waals surface area contributed by atoms with E-state index in [1.54, 1.807) is 12.2 Å². The Morgan fingerprint density at radius 2 is 2.00 bits per heavy atom. The van der Waals surface area contributed by atoms with Crippen LogP contribution in [0.3, 0.4) is 0 Å². The fourth-order valence-corrected chi connectivity index (χ4v) is 0.239. The van der Waals surface area contributed by atoms with E-state index in [-0.39, 0.29) is 0 Å². The summed E-state index contributed by atoms with van der Waals surface area (Å²) in [5, 5.41) is 0. The summed E-state index contributed by atoms with van der Waals surface area (Å²) < 4.78 is 0. The van der Waals surface area contributed by atoms with Crippen LogP contribution in [0.1, 0.15) is 0 Å². The SMILES string of the molecule is C=CCOOCC=CN. The lowest BCUT2D eigenvalue weighted by atomic mass is 10.7. The normalized spacial score (nSPS) is 10.2. The predicted molar refractivity (Wildman–Crippen MR) is 35.4 cm³/mol. The van der Waals surface area contributed by atoms with Crippen LogP contribution in [0.2, 0.25) is 0 Å². The van der Waals surface area contributed by atoms with Gasteiger partial charge >= 0.3 is 0 Å². The Balaban J connectivity index is 2.82. The van der Waals surface area contributed by atoms with Gasteiger partial charge in [0.1, 0.15) is 13.2 Å². The Bertz CT molecular complexity index is 91.1. The van der Waals surface area contributed by atoms with Crippen LogP contribution in [0, 0.1) is 0 Å². The molecule has 0 rings (SSSR count). The van der Waals surface area contributed by atoms with Crippen molar-refractivity contribution >= 4 is 0 Å². The van der Waals surface area contributed by atoms with Gasteiger partial charge in [-0.15, -0.1) is 6.58 Å². The standard InChI is InChI=1S/C6H11NO2/c1-2-5-8-9-6-3-4-7/h2-4H,1,5-7H2. The predicted octanol–water partition coefficient (Wildman–Crippen LogP) is 0.593. The third kappa shape index (κ3) is 7.20. The number of nitrogens with two attached hydrogens (primary N) is 1. The largest absolute Gasteiger partial charge is 0.405 e. The lowest BCUT2D eigenvalue weighted by molar-refractivity contribution is -0.277. The van der Waals surface area contributed by atoms with E-state index in [1.165, 1.54) is 6.20 Å². The maximum atomic E-state index is 5.01. The molecule has 0 heterocycles. The molecular formula is C6H11NO2. The van der Waals surface area contributed by atoms with Crippen LogP contribution < -0.4 is 5.73 Å². The van der Waals surface area contributed by atoms with Gasteiger partial charge in [0.15, 0.2) is 0 Å². The van der Waals surface area contributed by atoms with E-state index in [4.69, 9.17) is 5.73 Å².